The second-order valence-electron chi connectivity index (χ2n) is 3.05. The van der Waals surface area contributed by atoms with Crippen LogP contribution < -0.4 is 0 Å². The van der Waals surface area contributed by atoms with Crippen molar-refractivity contribution in [2.45, 2.75) is 20.3 Å². The quantitative estimate of drug-likeness (QED) is 0.742. The third kappa shape index (κ3) is 2.44. The summed E-state index contributed by atoms with van der Waals surface area (Å²) in [7, 11) is 0. The van der Waals surface area contributed by atoms with Crippen molar-refractivity contribution in [1.82, 2.24) is 0 Å². The Balaban J connectivity index is 3.02. The predicted molar refractivity (Wildman–Crippen MR) is 61.7 cm³/mol. The van der Waals surface area contributed by atoms with Gasteiger partial charge in [-0.2, -0.15) is 0 Å². The monoisotopic (exact) mass is 237 g/mol. The highest BCUT2D eigenvalue weighted by Crippen LogP contribution is 2.23. The van der Waals surface area contributed by atoms with Gasteiger partial charge in [0.15, 0.2) is 0 Å². The lowest BCUT2D eigenvalue weighted by Gasteiger charge is -2.08. The van der Waals surface area contributed by atoms with Crippen LogP contribution in [0.15, 0.2) is 35.3 Å². The van der Waals surface area contributed by atoms with E-state index in [9.17, 15) is 0 Å². The molecule has 13 heavy (non-hydrogen) atoms. The molecule has 0 saturated carbocycles. The van der Waals surface area contributed by atoms with Crippen LogP contribution in [0.1, 0.15) is 25.0 Å². The van der Waals surface area contributed by atoms with Gasteiger partial charge in [0.05, 0.1) is 0 Å². The first-order chi connectivity index (χ1) is 6.19. The molecule has 0 aliphatic carbocycles. The first kappa shape index (κ1) is 10.5. The van der Waals surface area contributed by atoms with E-state index in [4.69, 9.17) is 0 Å². The van der Waals surface area contributed by atoms with Crippen LogP contribution >= 0.6 is 15.9 Å². The summed E-state index contributed by atoms with van der Waals surface area (Å²) in [6.07, 6.45) is 2.95. The molecule has 1 aromatic rings. The van der Waals surface area contributed by atoms with Crippen LogP contribution in [0, 0.1) is 5.92 Å². The SMILES string of the molecule is C=C[C](C)c1ccc(CC)c(Br)c1. The Morgan fingerprint density at radius 2 is 2.23 bits per heavy atom. The molecule has 0 N–H and O–H groups in total. The van der Waals surface area contributed by atoms with Crippen LogP contribution in [0.4, 0.5) is 0 Å². The maximum atomic E-state index is 3.76. The van der Waals surface area contributed by atoms with Crippen LogP contribution in [0.2, 0.25) is 0 Å². The maximum Gasteiger partial charge on any atom is 0.0230 e. The predicted octanol–water partition coefficient (Wildman–Crippen LogP) is 4.14. The van der Waals surface area contributed by atoms with Gasteiger partial charge in [-0.25, -0.2) is 0 Å². The van der Waals surface area contributed by atoms with Crippen molar-refractivity contribution in [3.8, 4) is 0 Å². The zero-order chi connectivity index (χ0) is 9.84. The number of hydrogen-bond donors (Lipinski definition) is 0. The van der Waals surface area contributed by atoms with E-state index < -0.39 is 0 Å². The Bertz CT molecular complexity index is 302. The van der Waals surface area contributed by atoms with Gasteiger partial charge in [0, 0.05) is 10.4 Å². The molecule has 0 heterocycles. The molecular weight excluding hydrogens is 224 g/mol. The Morgan fingerprint density at radius 3 is 2.69 bits per heavy atom. The van der Waals surface area contributed by atoms with Gasteiger partial charge in [0.1, 0.15) is 0 Å². The van der Waals surface area contributed by atoms with Gasteiger partial charge in [-0.3, -0.25) is 0 Å². The van der Waals surface area contributed by atoms with Crippen molar-refractivity contribution in [1.29, 1.82) is 0 Å². The lowest BCUT2D eigenvalue weighted by atomic mass is 9.99. The van der Waals surface area contributed by atoms with Crippen molar-refractivity contribution in [2.75, 3.05) is 0 Å². The molecule has 0 amide bonds. The molecular formula is C12H14Br. The first-order valence-corrected chi connectivity index (χ1v) is 5.23. The molecule has 0 bridgehead atoms. The fraction of sp³-hybridized carbons (Fsp3) is 0.250. The number of halogens is 1. The zero-order valence-electron chi connectivity index (χ0n) is 8.10. The standard InChI is InChI=1S/C12H14Br/c1-4-9(3)11-7-6-10(5-2)12(13)8-11/h4,6-8H,1,5H2,2-3H3. The van der Waals surface area contributed by atoms with E-state index in [1.807, 2.05) is 6.08 Å². The smallest absolute Gasteiger partial charge is 0.0230 e. The van der Waals surface area contributed by atoms with Crippen LogP contribution in [0.3, 0.4) is 0 Å². The second kappa shape index (κ2) is 4.61. The van der Waals surface area contributed by atoms with E-state index in [1.54, 1.807) is 0 Å². The molecule has 1 heteroatoms. The third-order valence-electron chi connectivity index (χ3n) is 2.20. The molecule has 1 rings (SSSR count). The Morgan fingerprint density at radius 1 is 1.54 bits per heavy atom. The summed E-state index contributed by atoms with van der Waals surface area (Å²) in [4.78, 5) is 0. The minimum Gasteiger partial charge on any atom is -0.102 e. The second-order valence-corrected chi connectivity index (χ2v) is 3.90. The molecule has 0 aromatic heterocycles. The topological polar surface area (TPSA) is 0 Å². The average Bonchev–Trinajstić information content (AvgIpc) is 2.16. The summed E-state index contributed by atoms with van der Waals surface area (Å²) in [5.74, 6) is 1.21. The highest BCUT2D eigenvalue weighted by atomic mass is 79.9. The first-order valence-electron chi connectivity index (χ1n) is 4.43. The maximum absolute atomic E-state index is 3.76. The summed E-state index contributed by atoms with van der Waals surface area (Å²) in [5, 5.41) is 0. The molecule has 0 aliphatic heterocycles. The molecule has 0 nitrogen and oxygen atoms in total. The van der Waals surface area contributed by atoms with E-state index in [0.29, 0.717) is 0 Å². The third-order valence-corrected chi connectivity index (χ3v) is 2.93. The molecule has 0 atom stereocenters. The fourth-order valence-electron chi connectivity index (χ4n) is 1.20. The van der Waals surface area contributed by atoms with E-state index in [2.05, 4.69) is 54.6 Å². The van der Waals surface area contributed by atoms with E-state index >= 15 is 0 Å². The van der Waals surface area contributed by atoms with Gasteiger partial charge in [0.2, 0.25) is 0 Å². The molecule has 0 aliphatic rings. The number of benzene rings is 1. The van der Waals surface area contributed by atoms with Crippen molar-refractivity contribution in [3.63, 3.8) is 0 Å². The van der Waals surface area contributed by atoms with Crippen LogP contribution in [-0.4, -0.2) is 0 Å². The van der Waals surface area contributed by atoms with Gasteiger partial charge in [-0.15, -0.1) is 6.58 Å². The largest absolute Gasteiger partial charge is 0.102 e. The molecule has 1 aromatic carbocycles. The number of allylic oxidation sites excluding steroid dienone is 1. The minimum absolute atomic E-state index is 1.06. The van der Waals surface area contributed by atoms with Gasteiger partial charge in [-0.05, 0) is 23.6 Å². The molecule has 69 valence electrons. The molecule has 0 unspecified atom stereocenters. The fourth-order valence-corrected chi connectivity index (χ4v) is 1.86. The highest BCUT2D eigenvalue weighted by Gasteiger charge is 2.04. The average molecular weight is 238 g/mol. The summed E-state index contributed by atoms with van der Waals surface area (Å²) in [6.45, 7) is 7.98. The van der Waals surface area contributed by atoms with Gasteiger partial charge in [0.25, 0.3) is 0 Å². The Labute approximate surface area is 88.8 Å². The molecule has 0 spiro atoms. The minimum atomic E-state index is 1.06. The number of aryl methyl sites for hydroxylation is 1. The Hall–Kier alpha value is -0.560. The summed E-state index contributed by atoms with van der Waals surface area (Å²) < 4.78 is 1.19. The van der Waals surface area contributed by atoms with Gasteiger partial charge >= 0.3 is 0 Å². The van der Waals surface area contributed by atoms with Crippen LogP contribution in [0.5, 0.6) is 0 Å². The summed E-state index contributed by atoms with van der Waals surface area (Å²) >= 11 is 3.56. The van der Waals surface area contributed by atoms with Crippen LogP contribution in [-0.2, 0) is 6.42 Å². The van der Waals surface area contributed by atoms with Crippen LogP contribution in [0.25, 0.3) is 0 Å². The number of hydrogen-bond acceptors (Lipinski definition) is 0. The molecule has 0 fully saturated rings. The van der Waals surface area contributed by atoms with E-state index in [1.165, 1.54) is 21.5 Å². The Kier molecular flexibility index (Phi) is 3.73. The summed E-state index contributed by atoms with van der Waals surface area (Å²) in [6, 6.07) is 6.45. The summed E-state index contributed by atoms with van der Waals surface area (Å²) in [5.41, 5.74) is 2.58. The van der Waals surface area contributed by atoms with Crippen molar-refractivity contribution in [2.24, 2.45) is 0 Å². The lowest BCUT2D eigenvalue weighted by Crippen LogP contribution is -1.91. The van der Waals surface area contributed by atoms with E-state index in [-0.39, 0.29) is 0 Å². The van der Waals surface area contributed by atoms with E-state index in [0.717, 1.165) is 6.42 Å². The van der Waals surface area contributed by atoms with Crippen molar-refractivity contribution < 1.29 is 0 Å². The normalized spacial score (nSPS) is 10.5. The lowest BCUT2D eigenvalue weighted by molar-refractivity contribution is 1.11. The van der Waals surface area contributed by atoms with Crippen molar-refractivity contribution in [3.05, 3.63) is 52.4 Å². The zero-order valence-corrected chi connectivity index (χ0v) is 9.69. The van der Waals surface area contributed by atoms with Crippen molar-refractivity contribution >= 4 is 15.9 Å². The molecule has 0 saturated heterocycles. The van der Waals surface area contributed by atoms with Gasteiger partial charge < -0.3 is 0 Å². The highest BCUT2D eigenvalue weighted by molar-refractivity contribution is 9.10. The van der Waals surface area contributed by atoms with Gasteiger partial charge in [-0.1, -0.05) is 48.0 Å². The molecule has 1 radical (unpaired) electrons. The number of rotatable bonds is 3.